The van der Waals surface area contributed by atoms with Gasteiger partial charge in [0.2, 0.25) is 0 Å². The van der Waals surface area contributed by atoms with Gasteiger partial charge in [-0.25, -0.2) is 4.39 Å². The first-order valence-corrected chi connectivity index (χ1v) is 15.1. The number of ether oxygens (including phenoxy) is 3. The fourth-order valence-electron chi connectivity index (χ4n) is 6.08. The summed E-state index contributed by atoms with van der Waals surface area (Å²) in [6.07, 6.45) is 5.09. The van der Waals surface area contributed by atoms with Gasteiger partial charge in [0.1, 0.15) is 12.4 Å². The lowest BCUT2D eigenvalue weighted by atomic mass is 9.71. The maximum absolute atomic E-state index is 13.6. The molecule has 0 fully saturated rings. The highest BCUT2D eigenvalue weighted by molar-refractivity contribution is 14.1. The Balaban J connectivity index is 1.58. The van der Waals surface area contributed by atoms with Gasteiger partial charge >= 0.3 is 0 Å². The number of allylic oxidation sites excluding steroid dienone is 4. The molecule has 0 bridgehead atoms. The molecule has 8 heteroatoms. The van der Waals surface area contributed by atoms with Crippen LogP contribution in [0.2, 0.25) is 0 Å². The molecule has 40 heavy (non-hydrogen) atoms. The van der Waals surface area contributed by atoms with Crippen molar-refractivity contribution in [2.45, 2.75) is 64.4 Å². The van der Waals surface area contributed by atoms with Crippen LogP contribution in [-0.4, -0.2) is 43.3 Å². The first-order valence-electron chi connectivity index (χ1n) is 14.0. The van der Waals surface area contributed by atoms with Crippen LogP contribution in [0.3, 0.4) is 0 Å². The zero-order valence-corrected chi connectivity index (χ0v) is 25.2. The topological polar surface area (TPSA) is 65.1 Å². The Labute approximate surface area is 248 Å². The zero-order chi connectivity index (χ0) is 28.2. The van der Waals surface area contributed by atoms with Gasteiger partial charge in [-0.3, -0.25) is 9.59 Å². The second-order valence-corrected chi connectivity index (χ2v) is 11.5. The third-order valence-electron chi connectivity index (χ3n) is 7.78. The van der Waals surface area contributed by atoms with Crippen molar-refractivity contribution in [3.8, 4) is 11.5 Å². The fraction of sp³-hybridized carbons (Fsp3) is 0.438. The van der Waals surface area contributed by atoms with Crippen LogP contribution in [0.25, 0.3) is 0 Å². The summed E-state index contributed by atoms with van der Waals surface area (Å²) in [5.74, 6) is 0.711. The quantitative estimate of drug-likeness (QED) is 0.205. The molecule has 0 radical (unpaired) electrons. The molecule has 0 atom stereocenters. The largest absolute Gasteiger partial charge is 0.490 e. The van der Waals surface area contributed by atoms with E-state index in [9.17, 15) is 14.0 Å². The third kappa shape index (κ3) is 5.84. The number of hydrogen-bond acceptors (Lipinski definition) is 6. The molecule has 0 unspecified atom stereocenters. The molecule has 0 amide bonds. The highest BCUT2D eigenvalue weighted by atomic mass is 127. The van der Waals surface area contributed by atoms with Crippen LogP contribution in [0.15, 0.2) is 58.9 Å². The molecule has 0 saturated heterocycles. The van der Waals surface area contributed by atoms with Crippen molar-refractivity contribution in [1.29, 1.82) is 0 Å². The first kappa shape index (κ1) is 28.8. The van der Waals surface area contributed by atoms with Crippen molar-refractivity contribution in [1.82, 2.24) is 4.90 Å². The normalized spacial score (nSPS) is 17.8. The maximum atomic E-state index is 13.6. The van der Waals surface area contributed by atoms with Gasteiger partial charge in [0.05, 0.1) is 10.2 Å². The smallest absolute Gasteiger partial charge is 0.174 e. The molecule has 2 aromatic carbocycles. The summed E-state index contributed by atoms with van der Waals surface area (Å²) in [4.78, 5) is 29.4. The Kier molecular flexibility index (Phi) is 9.25. The molecule has 212 valence electrons. The summed E-state index contributed by atoms with van der Waals surface area (Å²) in [7, 11) is 1.69. The number of carbonyl (C=O) groups is 2. The Morgan fingerprint density at radius 3 is 2.20 bits per heavy atom. The molecule has 5 rings (SSSR count). The number of nitrogens with zero attached hydrogens (tertiary/aromatic N) is 1. The molecule has 2 aliphatic carbocycles. The number of methoxy groups -OCH3 is 1. The number of halogens is 2. The van der Waals surface area contributed by atoms with E-state index in [1.807, 2.05) is 19.1 Å². The SMILES string of the molecule is CCOc1cc(C2C3=C(CCCC3=O)N(CCCOC)C3=C2C(=O)CCC3)cc(I)c1OCc1ccc(F)cc1. The number of hydrogen-bond donors (Lipinski definition) is 0. The first-order chi connectivity index (χ1) is 19.4. The van der Waals surface area contributed by atoms with Crippen LogP contribution >= 0.6 is 22.6 Å². The molecule has 0 spiro atoms. The summed E-state index contributed by atoms with van der Waals surface area (Å²) in [6.45, 7) is 3.97. The van der Waals surface area contributed by atoms with Gasteiger partial charge in [-0.15, -0.1) is 0 Å². The van der Waals surface area contributed by atoms with Crippen LogP contribution in [0.4, 0.5) is 4.39 Å². The number of rotatable bonds is 10. The Morgan fingerprint density at radius 2 is 1.60 bits per heavy atom. The van der Waals surface area contributed by atoms with E-state index in [0.29, 0.717) is 37.6 Å². The number of ketones is 2. The molecular formula is C32H35FINO5. The second-order valence-electron chi connectivity index (χ2n) is 10.4. The van der Waals surface area contributed by atoms with Gasteiger partial charge in [0.25, 0.3) is 0 Å². The van der Waals surface area contributed by atoms with E-state index in [1.165, 1.54) is 12.1 Å². The number of Topliss-reactive ketones (excluding diaryl/α,β-unsaturated/α-hetero) is 2. The van der Waals surface area contributed by atoms with E-state index in [-0.39, 0.29) is 24.0 Å². The van der Waals surface area contributed by atoms with Crippen molar-refractivity contribution in [2.24, 2.45) is 0 Å². The molecule has 0 N–H and O–H groups in total. The van der Waals surface area contributed by atoms with Gasteiger partial charge in [-0.2, -0.15) is 0 Å². The average molecular weight is 660 g/mol. The van der Waals surface area contributed by atoms with Crippen molar-refractivity contribution in [2.75, 3.05) is 26.9 Å². The van der Waals surface area contributed by atoms with E-state index in [4.69, 9.17) is 14.2 Å². The van der Waals surface area contributed by atoms with Crippen molar-refractivity contribution in [3.05, 3.63) is 79.5 Å². The standard InChI is InChI=1S/C32H35FINO5/c1-3-39-28-18-21(17-23(34)32(28)40-19-20-11-13-22(33)14-12-20)29-30-24(7-4-9-26(30)36)35(15-6-16-38-2)25-8-5-10-27(37)31(25)29/h11-14,17-18,29H,3-10,15-16,19H2,1-2H3. The fourth-order valence-corrected chi connectivity index (χ4v) is 6.86. The lowest BCUT2D eigenvalue weighted by Gasteiger charge is -2.44. The number of carbonyl (C=O) groups excluding carboxylic acids is 2. The number of benzene rings is 2. The summed E-state index contributed by atoms with van der Waals surface area (Å²) in [5, 5.41) is 0. The van der Waals surface area contributed by atoms with Crippen molar-refractivity contribution in [3.63, 3.8) is 0 Å². The van der Waals surface area contributed by atoms with Gasteiger partial charge < -0.3 is 19.1 Å². The monoisotopic (exact) mass is 659 g/mol. The van der Waals surface area contributed by atoms with E-state index in [1.54, 1.807) is 19.2 Å². The molecule has 0 aromatic heterocycles. The predicted molar refractivity (Wildman–Crippen MR) is 159 cm³/mol. The average Bonchev–Trinajstić information content (AvgIpc) is 2.94. The molecule has 6 nitrogen and oxygen atoms in total. The van der Waals surface area contributed by atoms with E-state index in [2.05, 4.69) is 27.5 Å². The summed E-state index contributed by atoms with van der Waals surface area (Å²) < 4.78 is 31.8. The second kappa shape index (κ2) is 12.9. The zero-order valence-electron chi connectivity index (χ0n) is 23.1. The van der Waals surface area contributed by atoms with Gasteiger partial charge in [-0.1, -0.05) is 12.1 Å². The predicted octanol–water partition coefficient (Wildman–Crippen LogP) is 6.86. The van der Waals surface area contributed by atoms with Crippen LogP contribution in [0.5, 0.6) is 11.5 Å². The third-order valence-corrected chi connectivity index (χ3v) is 8.58. The Bertz CT molecular complexity index is 1310. The molecule has 1 aliphatic heterocycles. The minimum Gasteiger partial charge on any atom is -0.490 e. The van der Waals surface area contributed by atoms with Crippen molar-refractivity contribution < 1.29 is 28.2 Å². The Morgan fingerprint density at radius 1 is 0.950 bits per heavy atom. The van der Waals surface area contributed by atoms with Gasteiger partial charge in [-0.05, 0) is 97.0 Å². The van der Waals surface area contributed by atoms with E-state index < -0.39 is 5.92 Å². The lowest BCUT2D eigenvalue weighted by Crippen LogP contribution is -2.39. The van der Waals surface area contributed by atoms with Gasteiger partial charge in [0.15, 0.2) is 23.1 Å². The highest BCUT2D eigenvalue weighted by Gasteiger charge is 2.43. The summed E-state index contributed by atoms with van der Waals surface area (Å²) >= 11 is 2.24. The minimum atomic E-state index is -0.414. The Hall–Kier alpha value is -2.72. The van der Waals surface area contributed by atoms with E-state index >= 15 is 0 Å². The molecule has 2 aromatic rings. The van der Waals surface area contributed by atoms with Crippen LogP contribution in [0, 0.1) is 9.39 Å². The molecule has 3 aliphatic rings. The van der Waals surface area contributed by atoms with Crippen LogP contribution < -0.4 is 9.47 Å². The molecular weight excluding hydrogens is 624 g/mol. The summed E-state index contributed by atoms with van der Waals surface area (Å²) in [6, 6.07) is 10.2. The van der Waals surface area contributed by atoms with Crippen LogP contribution in [0.1, 0.15) is 68.9 Å². The van der Waals surface area contributed by atoms with Crippen molar-refractivity contribution >= 4 is 34.2 Å². The van der Waals surface area contributed by atoms with Crippen LogP contribution in [-0.2, 0) is 20.9 Å². The highest BCUT2D eigenvalue weighted by Crippen LogP contribution is 2.50. The maximum Gasteiger partial charge on any atom is 0.174 e. The van der Waals surface area contributed by atoms with E-state index in [0.717, 1.165) is 75.9 Å². The minimum absolute atomic E-state index is 0.123. The van der Waals surface area contributed by atoms with Gasteiger partial charge in [0, 0.05) is 61.6 Å². The lowest BCUT2D eigenvalue weighted by molar-refractivity contribution is -0.117. The molecule has 1 heterocycles. The summed E-state index contributed by atoms with van der Waals surface area (Å²) in [5.41, 5.74) is 5.37. The molecule has 0 saturated carbocycles.